The van der Waals surface area contributed by atoms with Crippen LogP contribution < -0.4 is 10.6 Å². The lowest BCUT2D eigenvalue weighted by molar-refractivity contribution is -0.121. The van der Waals surface area contributed by atoms with E-state index in [1.54, 1.807) is 17.1 Å². The topological polar surface area (TPSA) is 91.8 Å². The molecule has 0 unspecified atom stereocenters. The highest BCUT2D eigenvalue weighted by Crippen LogP contribution is 2.28. The van der Waals surface area contributed by atoms with Crippen molar-refractivity contribution in [3.63, 3.8) is 0 Å². The zero-order valence-corrected chi connectivity index (χ0v) is 18.3. The molecule has 0 fully saturated rings. The number of carbonyl (C=O) groups excluding carboxylic acids is 2. The van der Waals surface area contributed by atoms with Crippen molar-refractivity contribution in [1.29, 1.82) is 0 Å². The Bertz CT molecular complexity index is 1220. The largest absolute Gasteiger partial charge is 0.360 e. The van der Waals surface area contributed by atoms with E-state index < -0.39 is 0 Å². The number of halogens is 1. The fraction of sp³-hybridized carbons (Fsp3) is 0.208. The molecule has 2 aromatic carbocycles. The van der Waals surface area contributed by atoms with Gasteiger partial charge in [0.05, 0.1) is 17.6 Å². The van der Waals surface area contributed by atoms with Crippen LogP contribution in [0, 0.1) is 0 Å². The number of fused-ring (bicyclic) bond motifs is 1. The van der Waals surface area contributed by atoms with Gasteiger partial charge in [0.15, 0.2) is 0 Å². The fourth-order valence-corrected chi connectivity index (χ4v) is 4.10. The smallest absolute Gasteiger partial charge is 0.253 e. The summed E-state index contributed by atoms with van der Waals surface area (Å²) in [6.45, 7) is 2.15. The van der Waals surface area contributed by atoms with Crippen molar-refractivity contribution in [2.75, 3.05) is 6.54 Å². The molecule has 0 aliphatic carbocycles. The fourth-order valence-electron chi connectivity index (χ4n) is 3.85. The molecule has 4 aromatic rings. The number of aromatic amines is 1. The van der Waals surface area contributed by atoms with Gasteiger partial charge in [-0.15, -0.1) is 0 Å². The maximum atomic E-state index is 12.6. The molecule has 3 N–H and O–H groups in total. The van der Waals surface area contributed by atoms with Crippen molar-refractivity contribution >= 4 is 34.3 Å². The standard InChI is InChI=1S/C24H24ClN5O2/c1-16(23(30-14-6-12-28-30)18-8-2-4-9-20(18)25)29-22(31)11-13-26-24(32)19-15-27-21-10-5-3-7-17(19)21/h2-10,12,14-16,23,27H,11,13H2,1H3,(H,26,32)(H,29,31)/t16-,23+/m1/s1. The van der Waals surface area contributed by atoms with E-state index in [4.69, 9.17) is 11.6 Å². The van der Waals surface area contributed by atoms with Gasteiger partial charge in [0, 0.05) is 47.5 Å². The Labute approximate surface area is 190 Å². The first-order chi connectivity index (χ1) is 15.5. The highest BCUT2D eigenvalue weighted by atomic mass is 35.5. The Morgan fingerprint density at radius 1 is 1.12 bits per heavy atom. The minimum Gasteiger partial charge on any atom is -0.360 e. The third-order valence-corrected chi connectivity index (χ3v) is 5.71. The third-order valence-electron chi connectivity index (χ3n) is 5.37. The van der Waals surface area contributed by atoms with E-state index in [0.717, 1.165) is 16.5 Å². The molecule has 7 nitrogen and oxygen atoms in total. The summed E-state index contributed by atoms with van der Waals surface area (Å²) in [5.74, 6) is -0.380. The Balaban J connectivity index is 1.36. The number of nitrogens with zero attached hydrogens (tertiary/aromatic N) is 2. The molecule has 2 heterocycles. The van der Waals surface area contributed by atoms with E-state index in [1.165, 1.54) is 0 Å². The number of H-pyrrole nitrogens is 1. The van der Waals surface area contributed by atoms with E-state index in [0.29, 0.717) is 10.6 Å². The van der Waals surface area contributed by atoms with Crippen molar-refractivity contribution in [3.8, 4) is 0 Å². The van der Waals surface area contributed by atoms with Gasteiger partial charge >= 0.3 is 0 Å². The maximum Gasteiger partial charge on any atom is 0.253 e. The van der Waals surface area contributed by atoms with Crippen LogP contribution in [0.1, 0.15) is 35.3 Å². The maximum absolute atomic E-state index is 12.6. The minimum atomic E-state index is -0.272. The van der Waals surface area contributed by atoms with E-state index in [1.807, 2.05) is 67.7 Å². The lowest BCUT2D eigenvalue weighted by atomic mass is 10.00. The normalized spacial score (nSPS) is 12.9. The first-order valence-electron chi connectivity index (χ1n) is 10.4. The lowest BCUT2D eigenvalue weighted by Crippen LogP contribution is -2.41. The molecule has 2 amide bonds. The first kappa shape index (κ1) is 21.6. The molecule has 0 bridgehead atoms. The van der Waals surface area contributed by atoms with Gasteiger partial charge in [0.2, 0.25) is 5.91 Å². The summed E-state index contributed by atoms with van der Waals surface area (Å²) in [4.78, 5) is 28.2. The average molecular weight is 450 g/mol. The van der Waals surface area contributed by atoms with Crippen LogP contribution >= 0.6 is 11.6 Å². The van der Waals surface area contributed by atoms with Crippen molar-refractivity contribution in [2.24, 2.45) is 0 Å². The molecule has 8 heteroatoms. The van der Waals surface area contributed by atoms with Crippen LogP contribution in [0.2, 0.25) is 5.02 Å². The summed E-state index contributed by atoms with van der Waals surface area (Å²) in [5.41, 5.74) is 2.33. The average Bonchev–Trinajstić information content (AvgIpc) is 3.45. The summed E-state index contributed by atoms with van der Waals surface area (Å²) in [7, 11) is 0. The predicted octanol–water partition coefficient (Wildman–Crippen LogP) is 3.93. The van der Waals surface area contributed by atoms with E-state index in [-0.39, 0.29) is 36.9 Å². The van der Waals surface area contributed by atoms with Crippen LogP contribution in [0.25, 0.3) is 10.9 Å². The number of para-hydroxylation sites is 1. The molecule has 32 heavy (non-hydrogen) atoms. The van der Waals surface area contributed by atoms with Gasteiger partial charge < -0.3 is 15.6 Å². The van der Waals surface area contributed by atoms with Gasteiger partial charge in [-0.05, 0) is 30.7 Å². The van der Waals surface area contributed by atoms with Gasteiger partial charge in [0.1, 0.15) is 0 Å². The minimum absolute atomic E-state index is 0.160. The zero-order chi connectivity index (χ0) is 22.5. The Kier molecular flexibility index (Phi) is 6.56. The van der Waals surface area contributed by atoms with E-state index in [9.17, 15) is 9.59 Å². The van der Waals surface area contributed by atoms with E-state index in [2.05, 4.69) is 20.7 Å². The number of nitrogens with one attached hydrogen (secondary N) is 3. The molecule has 0 aliphatic heterocycles. The summed E-state index contributed by atoms with van der Waals surface area (Å²) in [6, 6.07) is 16.4. The van der Waals surface area contributed by atoms with Crippen LogP contribution in [0.5, 0.6) is 0 Å². The molecule has 2 atom stereocenters. The molecule has 2 aromatic heterocycles. The predicted molar refractivity (Wildman–Crippen MR) is 125 cm³/mol. The van der Waals surface area contributed by atoms with Crippen molar-refractivity contribution in [3.05, 3.63) is 89.3 Å². The number of carbonyl (C=O) groups is 2. The highest BCUT2D eigenvalue weighted by molar-refractivity contribution is 6.31. The van der Waals surface area contributed by atoms with Crippen LogP contribution in [0.3, 0.4) is 0 Å². The van der Waals surface area contributed by atoms with Gasteiger partial charge in [0.25, 0.3) is 5.91 Å². The SMILES string of the molecule is C[C@@H](NC(=O)CCNC(=O)c1c[nH]c2ccccc12)[C@@H](c1ccccc1Cl)n1cccn1. The second-order valence-corrected chi connectivity index (χ2v) is 7.97. The van der Waals surface area contributed by atoms with Crippen molar-refractivity contribution in [2.45, 2.75) is 25.4 Å². The summed E-state index contributed by atoms with van der Waals surface area (Å²) in [5, 5.41) is 11.6. The molecule has 0 spiro atoms. The molecule has 0 saturated carbocycles. The van der Waals surface area contributed by atoms with Crippen molar-refractivity contribution in [1.82, 2.24) is 25.4 Å². The number of hydrogen-bond acceptors (Lipinski definition) is 3. The molecule has 0 radical (unpaired) electrons. The second-order valence-electron chi connectivity index (χ2n) is 7.56. The van der Waals surface area contributed by atoms with Gasteiger partial charge in [-0.2, -0.15) is 5.10 Å². The molecular weight excluding hydrogens is 426 g/mol. The zero-order valence-electron chi connectivity index (χ0n) is 17.6. The number of hydrogen-bond donors (Lipinski definition) is 3. The lowest BCUT2D eigenvalue weighted by Gasteiger charge is -2.26. The van der Waals surface area contributed by atoms with Crippen LogP contribution in [0.15, 0.2) is 73.2 Å². The van der Waals surface area contributed by atoms with Crippen LogP contribution in [-0.2, 0) is 4.79 Å². The van der Waals surface area contributed by atoms with Gasteiger partial charge in [-0.1, -0.05) is 48.0 Å². The number of benzene rings is 2. The van der Waals surface area contributed by atoms with Gasteiger partial charge in [-0.25, -0.2) is 0 Å². The highest BCUT2D eigenvalue weighted by Gasteiger charge is 2.25. The van der Waals surface area contributed by atoms with Gasteiger partial charge in [-0.3, -0.25) is 14.3 Å². The molecule has 164 valence electrons. The first-order valence-corrected chi connectivity index (χ1v) is 10.8. The van der Waals surface area contributed by atoms with Crippen LogP contribution in [-0.4, -0.2) is 39.2 Å². The number of amides is 2. The Morgan fingerprint density at radius 3 is 2.69 bits per heavy atom. The summed E-state index contributed by atoms with van der Waals surface area (Å²) >= 11 is 6.42. The monoisotopic (exact) mass is 449 g/mol. The molecular formula is C24H24ClN5O2. The Morgan fingerprint density at radius 2 is 1.91 bits per heavy atom. The molecule has 0 aliphatic rings. The molecule has 4 rings (SSSR count). The van der Waals surface area contributed by atoms with Crippen LogP contribution in [0.4, 0.5) is 0 Å². The quantitative estimate of drug-likeness (QED) is 0.380. The molecule has 0 saturated heterocycles. The number of rotatable bonds is 8. The Hall–Kier alpha value is -3.58. The summed E-state index contributed by atoms with van der Waals surface area (Å²) in [6.07, 6.45) is 5.38. The van der Waals surface area contributed by atoms with E-state index >= 15 is 0 Å². The van der Waals surface area contributed by atoms with Crippen molar-refractivity contribution < 1.29 is 9.59 Å². The number of aromatic nitrogens is 3. The second kappa shape index (κ2) is 9.70. The summed E-state index contributed by atoms with van der Waals surface area (Å²) < 4.78 is 1.78. The third kappa shape index (κ3) is 4.68.